The molecule has 0 saturated heterocycles. The van der Waals surface area contributed by atoms with Gasteiger partial charge in [0.05, 0.1) is 4.47 Å². The zero-order chi connectivity index (χ0) is 12.1. The minimum atomic E-state index is 0.918. The van der Waals surface area contributed by atoms with Crippen LogP contribution in [0.4, 0.5) is 5.82 Å². The Labute approximate surface area is 112 Å². The van der Waals surface area contributed by atoms with Gasteiger partial charge in [-0.25, -0.2) is 4.98 Å². The molecular weight excluding hydrogens is 276 g/mol. The molecule has 2 nitrogen and oxygen atoms in total. The predicted molar refractivity (Wildman–Crippen MR) is 76.2 cm³/mol. The Kier molecular flexibility index (Phi) is 4.84. The Hall–Kier alpha value is -0.570. The molecule has 1 aliphatic rings. The van der Waals surface area contributed by atoms with Gasteiger partial charge in [-0.3, -0.25) is 0 Å². The molecule has 0 unspecified atom stereocenters. The molecule has 3 heteroatoms. The zero-order valence-corrected chi connectivity index (χ0v) is 12.0. The summed E-state index contributed by atoms with van der Waals surface area (Å²) in [5.74, 6) is 2.84. The number of hydrogen-bond donors (Lipinski definition) is 1. The van der Waals surface area contributed by atoms with E-state index < -0.39 is 0 Å². The molecule has 0 amide bonds. The number of rotatable bonds is 4. The van der Waals surface area contributed by atoms with Gasteiger partial charge < -0.3 is 5.32 Å². The number of nitrogens with one attached hydrogen (secondary N) is 1. The third-order valence-electron chi connectivity index (χ3n) is 3.74. The van der Waals surface area contributed by atoms with E-state index in [1.807, 2.05) is 18.3 Å². The first kappa shape index (κ1) is 12.9. The third-order valence-corrected chi connectivity index (χ3v) is 4.38. The van der Waals surface area contributed by atoms with Crippen molar-refractivity contribution in [1.82, 2.24) is 4.98 Å². The van der Waals surface area contributed by atoms with Crippen LogP contribution in [0.1, 0.15) is 39.0 Å². The van der Waals surface area contributed by atoms with Crippen molar-refractivity contribution in [1.29, 1.82) is 0 Å². The van der Waals surface area contributed by atoms with Crippen LogP contribution in [0.15, 0.2) is 22.8 Å². The topological polar surface area (TPSA) is 24.9 Å². The van der Waals surface area contributed by atoms with E-state index in [4.69, 9.17) is 0 Å². The Morgan fingerprint density at radius 1 is 1.35 bits per heavy atom. The summed E-state index contributed by atoms with van der Waals surface area (Å²) in [5, 5.41) is 3.41. The lowest BCUT2D eigenvalue weighted by atomic mass is 9.81. The lowest BCUT2D eigenvalue weighted by molar-refractivity contribution is 0.282. The molecular formula is C14H21BrN2. The first-order valence-electron chi connectivity index (χ1n) is 6.60. The second-order valence-electron chi connectivity index (χ2n) is 5.18. The molecule has 0 radical (unpaired) electrons. The highest BCUT2D eigenvalue weighted by Gasteiger charge is 2.17. The molecule has 2 rings (SSSR count). The summed E-state index contributed by atoms with van der Waals surface area (Å²) in [5.41, 5.74) is 0. The van der Waals surface area contributed by atoms with Crippen molar-refractivity contribution in [3.63, 3.8) is 0 Å². The van der Waals surface area contributed by atoms with E-state index >= 15 is 0 Å². The van der Waals surface area contributed by atoms with Crippen molar-refractivity contribution in [2.45, 2.75) is 39.0 Å². The highest BCUT2D eigenvalue weighted by molar-refractivity contribution is 9.10. The quantitative estimate of drug-likeness (QED) is 0.886. The van der Waals surface area contributed by atoms with Crippen LogP contribution >= 0.6 is 15.9 Å². The average molecular weight is 297 g/mol. The van der Waals surface area contributed by atoms with E-state index in [1.165, 1.54) is 32.1 Å². The lowest BCUT2D eigenvalue weighted by Gasteiger charge is -2.26. The van der Waals surface area contributed by atoms with Gasteiger partial charge >= 0.3 is 0 Å². The van der Waals surface area contributed by atoms with Crippen molar-refractivity contribution in [2.75, 3.05) is 11.9 Å². The van der Waals surface area contributed by atoms with Gasteiger partial charge in [-0.15, -0.1) is 0 Å². The molecule has 0 aromatic carbocycles. The standard InChI is InChI=1S/C14H21BrN2/c1-11-4-6-12(7-5-11)8-10-17-14-13(15)3-2-9-16-14/h2-3,9,11-12H,4-8,10H2,1H3,(H,16,17). The number of halogens is 1. The van der Waals surface area contributed by atoms with Crippen molar-refractivity contribution >= 4 is 21.7 Å². The van der Waals surface area contributed by atoms with E-state index in [0.29, 0.717) is 0 Å². The van der Waals surface area contributed by atoms with Crippen molar-refractivity contribution in [3.05, 3.63) is 22.8 Å². The summed E-state index contributed by atoms with van der Waals surface area (Å²) >= 11 is 3.51. The molecule has 0 aliphatic heterocycles. The van der Waals surface area contributed by atoms with Crippen LogP contribution in [0.5, 0.6) is 0 Å². The number of aromatic nitrogens is 1. The predicted octanol–water partition coefficient (Wildman–Crippen LogP) is 4.47. The smallest absolute Gasteiger partial charge is 0.140 e. The van der Waals surface area contributed by atoms with Crippen LogP contribution in [0.2, 0.25) is 0 Å². The van der Waals surface area contributed by atoms with Crippen LogP contribution in [0.3, 0.4) is 0 Å². The molecule has 1 heterocycles. The van der Waals surface area contributed by atoms with E-state index in [2.05, 4.69) is 33.2 Å². The van der Waals surface area contributed by atoms with E-state index in [0.717, 1.165) is 28.7 Å². The second kappa shape index (κ2) is 6.39. The van der Waals surface area contributed by atoms with Gasteiger partial charge in [0.2, 0.25) is 0 Å². The average Bonchev–Trinajstić information content (AvgIpc) is 2.34. The number of pyridine rings is 1. The summed E-state index contributed by atoms with van der Waals surface area (Å²) in [6.45, 7) is 3.41. The van der Waals surface area contributed by atoms with Crippen molar-refractivity contribution < 1.29 is 0 Å². The van der Waals surface area contributed by atoms with Crippen LogP contribution in [-0.4, -0.2) is 11.5 Å². The Balaban J connectivity index is 1.71. The first-order valence-corrected chi connectivity index (χ1v) is 7.39. The fourth-order valence-corrected chi connectivity index (χ4v) is 2.92. The van der Waals surface area contributed by atoms with Gasteiger partial charge in [0.15, 0.2) is 0 Å². The molecule has 0 atom stereocenters. The van der Waals surface area contributed by atoms with Crippen molar-refractivity contribution in [2.24, 2.45) is 11.8 Å². The van der Waals surface area contributed by atoms with Crippen LogP contribution in [0, 0.1) is 11.8 Å². The molecule has 94 valence electrons. The second-order valence-corrected chi connectivity index (χ2v) is 6.03. The Bertz CT molecular complexity index is 346. The number of nitrogens with zero attached hydrogens (tertiary/aromatic N) is 1. The summed E-state index contributed by atoms with van der Waals surface area (Å²) in [4.78, 5) is 4.31. The monoisotopic (exact) mass is 296 g/mol. The van der Waals surface area contributed by atoms with Crippen LogP contribution in [0.25, 0.3) is 0 Å². The molecule has 1 aliphatic carbocycles. The number of hydrogen-bond acceptors (Lipinski definition) is 2. The van der Waals surface area contributed by atoms with Gasteiger partial charge in [-0.1, -0.05) is 32.6 Å². The maximum atomic E-state index is 4.31. The first-order chi connectivity index (χ1) is 8.25. The fraction of sp³-hybridized carbons (Fsp3) is 0.643. The van der Waals surface area contributed by atoms with E-state index in [-0.39, 0.29) is 0 Å². The minimum Gasteiger partial charge on any atom is -0.369 e. The Morgan fingerprint density at radius 2 is 2.12 bits per heavy atom. The van der Waals surface area contributed by atoms with Crippen molar-refractivity contribution in [3.8, 4) is 0 Å². The number of anilines is 1. The summed E-state index contributed by atoms with van der Waals surface area (Å²) < 4.78 is 1.05. The molecule has 1 aromatic heterocycles. The van der Waals surface area contributed by atoms with Gasteiger partial charge in [0.1, 0.15) is 5.82 Å². The zero-order valence-electron chi connectivity index (χ0n) is 10.5. The largest absolute Gasteiger partial charge is 0.369 e. The molecule has 17 heavy (non-hydrogen) atoms. The fourth-order valence-electron chi connectivity index (χ4n) is 2.53. The lowest BCUT2D eigenvalue weighted by Crippen LogP contribution is -2.16. The van der Waals surface area contributed by atoms with E-state index in [1.54, 1.807) is 0 Å². The summed E-state index contributed by atoms with van der Waals surface area (Å²) in [6.07, 6.45) is 8.75. The molecule has 1 saturated carbocycles. The van der Waals surface area contributed by atoms with Gasteiger partial charge in [0.25, 0.3) is 0 Å². The van der Waals surface area contributed by atoms with Gasteiger partial charge in [-0.05, 0) is 46.3 Å². The maximum absolute atomic E-state index is 4.31. The summed E-state index contributed by atoms with van der Waals surface area (Å²) in [6, 6.07) is 3.97. The highest BCUT2D eigenvalue weighted by Crippen LogP contribution is 2.30. The van der Waals surface area contributed by atoms with Crippen LogP contribution in [-0.2, 0) is 0 Å². The van der Waals surface area contributed by atoms with Crippen LogP contribution < -0.4 is 5.32 Å². The highest BCUT2D eigenvalue weighted by atomic mass is 79.9. The SMILES string of the molecule is CC1CCC(CCNc2ncccc2Br)CC1. The minimum absolute atomic E-state index is 0.918. The Morgan fingerprint density at radius 3 is 2.82 bits per heavy atom. The molecule has 1 fully saturated rings. The normalized spacial score (nSPS) is 24.6. The van der Waals surface area contributed by atoms with Gasteiger partial charge in [-0.2, -0.15) is 0 Å². The molecule has 0 bridgehead atoms. The molecule has 1 N–H and O–H groups in total. The molecule has 0 spiro atoms. The molecule has 1 aromatic rings. The van der Waals surface area contributed by atoms with Gasteiger partial charge in [0, 0.05) is 12.7 Å². The maximum Gasteiger partial charge on any atom is 0.140 e. The summed E-state index contributed by atoms with van der Waals surface area (Å²) in [7, 11) is 0. The third kappa shape index (κ3) is 3.98. The van der Waals surface area contributed by atoms with E-state index in [9.17, 15) is 0 Å².